The average Bonchev–Trinajstić information content (AvgIpc) is 2.39. The van der Waals surface area contributed by atoms with Gasteiger partial charge in [0.05, 0.1) is 5.69 Å². The number of nitrogens with one attached hydrogen (secondary N) is 2. The highest BCUT2D eigenvalue weighted by Crippen LogP contribution is 2.22. The summed E-state index contributed by atoms with van der Waals surface area (Å²) in [6.07, 6.45) is 1.78. The van der Waals surface area contributed by atoms with Gasteiger partial charge in [0.25, 0.3) is 0 Å². The summed E-state index contributed by atoms with van der Waals surface area (Å²) in [5.41, 5.74) is 13.7. The maximum atomic E-state index is 8.62. The van der Waals surface area contributed by atoms with Crippen LogP contribution in [0.1, 0.15) is 5.56 Å². The summed E-state index contributed by atoms with van der Waals surface area (Å²) >= 11 is 0. The van der Waals surface area contributed by atoms with Gasteiger partial charge in [0.2, 0.25) is 0 Å². The topological polar surface area (TPSA) is 60.7 Å². The highest BCUT2D eigenvalue weighted by atomic mass is 15.4. The van der Waals surface area contributed by atoms with Crippen LogP contribution in [0.25, 0.3) is 5.53 Å². The number of nitrogens with zero attached hydrogens (tertiary/aromatic N) is 2. The zero-order valence-electron chi connectivity index (χ0n) is 9.17. The molecule has 0 unspecified atom stereocenters. The first-order chi connectivity index (χ1) is 8.40. The van der Waals surface area contributed by atoms with E-state index in [2.05, 4.69) is 10.4 Å². The molecule has 84 valence electrons. The third-order valence-electron chi connectivity index (χ3n) is 2.25. The average molecular weight is 224 g/mol. The second-order valence-corrected chi connectivity index (χ2v) is 3.42. The Labute approximate surface area is 99.5 Å². The van der Waals surface area contributed by atoms with Gasteiger partial charge in [-0.15, -0.1) is 0 Å². The second kappa shape index (κ2) is 5.55. The predicted octanol–water partition coefficient (Wildman–Crippen LogP) is 1.87. The fourth-order valence-electron chi connectivity index (χ4n) is 1.44. The van der Waals surface area contributed by atoms with Crippen LogP contribution < -0.4 is 10.6 Å². The Morgan fingerprint density at radius 2 is 1.71 bits per heavy atom. The molecular weight excluding hydrogens is 212 g/mol. The number of hydrogen-bond donors (Lipinski definition) is 2. The van der Waals surface area contributed by atoms with Crippen molar-refractivity contribution >= 4 is 17.6 Å². The van der Waals surface area contributed by atoms with E-state index in [1.807, 2.05) is 59.8 Å². The lowest BCUT2D eigenvalue weighted by atomic mass is 10.2. The maximum Gasteiger partial charge on any atom is 0.0710 e. The molecule has 0 aliphatic heterocycles. The molecule has 0 aromatic heterocycles. The molecule has 2 aromatic rings. The summed E-state index contributed by atoms with van der Waals surface area (Å²) in [4.78, 5) is 4.36. The van der Waals surface area contributed by atoms with Crippen molar-refractivity contribution in [2.75, 3.05) is 5.43 Å². The lowest BCUT2D eigenvalue weighted by molar-refractivity contribution is -0.443. The standard InChI is InChI=1S/C13H12N4/c14-17-16-13-9-5-4-8-12(13)15-10-11-6-2-1-3-7-11/h1-10,17H,(H-,14,16). The Kier molecular flexibility index (Phi) is 3.60. The first-order valence-corrected chi connectivity index (χ1v) is 5.23. The quantitative estimate of drug-likeness (QED) is 0.465. The van der Waals surface area contributed by atoms with Crippen LogP contribution in [-0.2, 0) is 0 Å². The molecule has 2 N–H and O–H groups in total. The van der Waals surface area contributed by atoms with Gasteiger partial charge in [-0.05, 0) is 11.6 Å². The van der Waals surface area contributed by atoms with Crippen LogP contribution in [0.2, 0.25) is 0 Å². The summed E-state index contributed by atoms with van der Waals surface area (Å²) in [6, 6.07) is 17.3. The van der Waals surface area contributed by atoms with Crippen LogP contribution in [0.3, 0.4) is 0 Å². The predicted molar refractivity (Wildman–Crippen MR) is 68.1 cm³/mol. The number of rotatable bonds is 4. The lowest BCUT2D eigenvalue weighted by Crippen LogP contribution is -2.68. The highest BCUT2D eigenvalue weighted by molar-refractivity contribution is 5.83. The van der Waals surface area contributed by atoms with Crippen LogP contribution >= 0.6 is 0 Å². The Morgan fingerprint density at radius 3 is 2.47 bits per heavy atom. The molecule has 2 aromatic carbocycles. The third kappa shape index (κ3) is 2.98. The number of hydrazine groups is 1. The van der Waals surface area contributed by atoms with Crippen molar-refractivity contribution in [1.29, 1.82) is 0 Å². The van der Waals surface area contributed by atoms with Crippen molar-refractivity contribution in [2.45, 2.75) is 0 Å². The van der Waals surface area contributed by atoms with Gasteiger partial charge >= 0.3 is 0 Å². The lowest BCUT2D eigenvalue weighted by Gasteiger charge is -2.04. The number of aliphatic imine (C=N–C) groups is 1. The van der Waals surface area contributed by atoms with Crippen LogP contribution in [0.15, 0.2) is 59.6 Å². The normalized spacial score (nSPS) is 10.4. The van der Waals surface area contributed by atoms with Gasteiger partial charge in [0.1, 0.15) is 0 Å². The fraction of sp³-hybridized carbons (Fsp3) is 0. The highest BCUT2D eigenvalue weighted by Gasteiger charge is 1.95. The van der Waals surface area contributed by atoms with E-state index in [4.69, 9.17) is 5.53 Å². The fourth-order valence-corrected chi connectivity index (χ4v) is 1.44. The van der Waals surface area contributed by atoms with Gasteiger partial charge in [0, 0.05) is 11.9 Å². The van der Waals surface area contributed by atoms with E-state index < -0.39 is 0 Å². The first-order valence-electron chi connectivity index (χ1n) is 5.23. The molecular formula is C13H12N4. The van der Waals surface area contributed by atoms with E-state index in [0.717, 1.165) is 11.3 Å². The number of benzene rings is 2. The van der Waals surface area contributed by atoms with Crippen LogP contribution in [0.4, 0.5) is 11.4 Å². The summed E-state index contributed by atoms with van der Waals surface area (Å²) in [7, 11) is 0. The van der Waals surface area contributed by atoms with Gasteiger partial charge in [0.15, 0.2) is 0 Å². The molecule has 2 rings (SSSR count). The SMILES string of the molecule is [N-]=[NH+]Nc1ccccc1N=Cc1ccccc1. The van der Waals surface area contributed by atoms with Gasteiger partial charge in [-0.3, -0.25) is 10.4 Å². The minimum absolute atomic E-state index is 0.710. The van der Waals surface area contributed by atoms with Gasteiger partial charge in [-0.1, -0.05) is 48.5 Å². The van der Waals surface area contributed by atoms with Crippen molar-refractivity contribution in [2.24, 2.45) is 4.99 Å². The van der Waals surface area contributed by atoms with Crippen molar-refractivity contribution in [3.63, 3.8) is 0 Å². The van der Waals surface area contributed by atoms with E-state index >= 15 is 0 Å². The van der Waals surface area contributed by atoms with Crippen LogP contribution in [-0.4, -0.2) is 6.21 Å². The van der Waals surface area contributed by atoms with E-state index in [-0.39, 0.29) is 0 Å². The van der Waals surface area contributed by atoms with E-state index in [1.54, 1.807) is 6.21 Å². The monoisotopic (exact) mass is 224 g/mol. The summed E-state index contributed by atoms with van der Waals surface area (Å²) in [5.74, 6) is 0. The number of anilines is 1. The zero-order chi connectivity index (χ0) is 11.9. The molecule has 0 spiro atoms. The minimum atomic E-state index is 0.710. The molecule has 0 aliphatic rings. The summed E-state index contributed by atoms with van der Waals surface area (Å²) < 4.78 is 0. The largest absolute Gasteiger partial charge is 0.263 e. The molecule has 0 fully saturated rings. The summed E-state index contributed by atoms with van der Waals surface area (Å²) in [5, 5.41) is 1.90. The van der Waals surface area contributed by atoms with Gasteiger partial charge in [-0.2, -0.15) is 10.8 Å². The molecule has 4 nitrogen and oxygen atoms in total. The Bertz CT molecular complexity index is 520. The molecule has 0 amide bonds. The van der Waals surface area contributed by atoms with Gasteiger partial charge in [-0.25, -0.2) is 0 Å². The smallest absolute Gasteiger partial charge is 0.0710 e. The third-order valence-corrected chi connectivity index (χ3v) is 2.25. The zero-order valence-corrected chi connectivity index (χ0v) is 9.17. The molecule has 0 atom stereocenters. The van der Waals surface area contributed by atoms with Crippen molar-refractivity contribution in [1.82, 2.24) is 0 Å². The first kappa shape index (κ1) is 11.0. The Morgan fingerprint density at radius 1 is 1.00 bits per heavy atom. The van der Waals surface area contributed by atoms with E-state index in [0.29, 0.717) is 5.69 Å². The molecule has 0 bridgehead atoms. The minimum Gasteiger partial charge on any atom is -0.263 e. The summed E-state index contributed by atoms with van der Waals surface area (Å²) in [6.45, 7) is 0. The molecule has 0 saturated carbocycles. The van der Waals surface area contributed by atoms with E-state index in [1.165, 1.54) is 0 Å². The molecule has 0 radical (unpaired) electrons. The molecule has 0 saturated heterocycles. The molecule has 0 heterocycles. The van der Waals surface area contributed by atoms with Crippen LogP contribution in [0.5, 0.6) is 0 Å². The molecule has 4 heteroatoms. The second-order valence-electron chi connectivity index (χ2n) is 3.42. The Hall–Kier alpha value is -2.49. The number of para-hydroxylation sites is 2. The Balaban J connectivity index is 2.24. The van der Waals surface area contributed by atoms with Crippen molar-refractivity contribution in [3.8, 4) is 0 Å². The van der Waals surface area contributed by atoms with Crippen molar-refractivity contribution in [3.05, 3.63) is 65.7 Å². The molecule has 0 aliphatic carbocycles. The maximum absolute atomic E-state index is 8.62. The van der Waals surface area contributed by atoms with Crippen molar-refractivity contribution < 1.29 is 5.22 Å². The van der Waals surface area contributed by atoms with Gasteiger partial charge < -0.3 is 0 Å². The molecule has 17 heavy (non-hydrogen) atoms. The van der Waals surface area contributed by atoms with E-state index in [9.17, 15) is 0 Å². The van der Waals surface area contributed by atoms with Crippen LogP contribution in [0, 0.1) is 0 Å². The number of hydrogen-bond acceptors (Lipinski definition) is 1.